The molecule has 0 saturated carbocycles. The number of fused-ring (bicyclic) bond motifs is 1. The molecular weight excluding hydrogens is 448 g/mol. The quantitative estimate of drug-likeness (QED) is 0.305. The van der Waals surface area contributed by atoms with Gasteiger partial charge in [-0.1, -0.05) is 36.4 Å². The summed E-state index contributed by atoms with van der Waals surface area (Å²) in [7, 11) is 1.19. The lowest BCUT2D eigenvalue weighted by Gasteiger charge is -2.14. The smallest absolute Gasteiger partial charge is 0.322 e. The van der Waals surface area contributed by atoms with Crippen molar-refractivity contribution in [1.29, 1.82) is 0 Å². The predicted molar refractivity (Wildman–Crippen MR) is 123 cm³/mol. The van der Waals surface area contributed by atoms with Gasteiger partial charge in [-0.15, -0.1) is 0 Å². The summed E-state index contributed by atoms with van der Waals surface area (Å²) in [6.45, 7) is 0.110. The molecule has 3 aromatic rings. The number of nitrogens with zero attached hydrogens (tertiary/aromatic N) is 2. The molecule has 3 aromatic carbocycles. The molecule has 1 fully saturated rings. The molecule has 1 saturated heterocycles. The Balaban J connectivity index is 1.51. The molecule has 0 aliphatic carbocycles. The van der Waals surface area contributed by atoms with Crippen LogP contribution in [0, 0.1) is 10.1 Å². The van der Waals surface area contributed by atoms with E-state index in [0.717, 1.165) is 15.7 Å². The number of hydrogen-bond acceptors (Lipinski definition) is 8. The second kappa shape index (κ2) is 9.21. The molecule has 1 heterocycles. The standard InChI is InChI=1S/C23H18N2O7S/c1-31-21-17(26)10-9-15(20(21)25(29)30)13-19-22(27)24(23(28)33-19)11-12-32-18-8-4-6-14-5-2-3-7-16(14)18/h2-10,13,26H,11-12H2,1H3/b19-13-. The van der Waals surface area contributed by atoms with Crippen molar-refractivity contribution in [3.8, 4) is 17.2 Å². The van der Waals surface area contributed by atoms with E-state index in [2.05, 4.69) is 0 Å². The first-order valence-corrected chi connectivity index (χ1v) is 10.6. The van der Waals surface area contributed by atoms with E-state index >= 15 is 0 Å². The van der Waals surface area contributed by atoms with Crippen LogP contribution in [0.4, 0.5) is 10.5 Å². The zero-order chi connectivity index (χ0) is 23.5. The number of carbonyl (C=O) groups is 2. The maximum Gasteiger partial charge on any atom is 0.322 e. The minimum Gasteiger partial charge on any atom is -0.504 e. The number of methoxy groups -OCH3 is 1. The lowest BCUT2D eigenvalue weighted by Crippen LogP contribution is -2.32. The van der Waals surface area contributed by atoms with Gasteiger partial charge in [0.15, 0.2) is 5.75 Å². The number of phenols is 1. The molecule has 1 N–H and O–H groups in total. The molecule has 33 heavy (non-hydrogen) atoms. The van der Waals surface area contributed by atoms with Crippen LogP contribution in [0.25, 0.3) is 16.8 Å². The van der Waals surface area contributed by atoms with E-state index in [1.807, 2.05) is 42.5 Å². The predicted octanol–water partition coefficient (Wildman–Crippen LogP) is 4.58. The summed E-state index contributed by atoms with van der Waals surface area (Å²) in [5.41, 5.74) is -0.462. The number of nitro groups is 1. The number of thioether (sulfide) groups is 1. The monoisotopic (exact) mass is 466 g/mol. The van der Waals surface area contributed by atoms with E-state index in [1.54, 1.807) is 0 Å². The minimum absolute atomic E-state index is 0.0201. The number of phenolic OH excluding ortho intramolecular Hbond substituents is 1. The van der Waals surface area contributed by atoms with Crippen LogP contribution in [0.3, 0.4) is 0 Å². The van der Waals surface area contributed by atoms with E-state index in [4.69, 9.17) is 9.47 Å². The van der Waals surface area contributed by atoms with Crippen molar-refractivity contribution in [2.45, 2.75) is 0 Å². The molecule has 2 amide bonds. The van der Waals surface area contributed by atoms with Gasteiger partial charge in [0.1, 0.15) is 12.4 Å². The molecule has 4 rings (SSSR count). The summed E-state index contributed by atoms with van der Waals surface area (Å²) < 4.78 is 10.7. The van der Waals surface area contributed by atoms with Crippen LogP contribution in [0.5, 0.6) is 17.2 Å². The van der Waals surface area contributed by atoms with Gasteiger partial charge in [-0.05, 0) is 41.4 Å². The molecular formula is C23H18N2O7S. The van der Waals surface area contributed by atoms with Crippen molar-refractivity contribution in [2.24, 2.45) is 0 Å². The highest BCUT2D eigenvalue weighted by molar-refractivity contribution is 8.18. The molecule has 168 valence electrons. The third-order valence-electron chi connectivity index (χ3n) is 5.01. The van der Waals surface area contributed by atoms with Crippen LogP contribution in [-0.2, 0) is 4.79 Å². The molecule has 0 bridgehead atoms. The van der Waals surface area contributed by atoms with Crippen LogP contribution in [0.15, 0.2) is 59.5 Å². The third kappa shape index (κ3) is 4.33. The van der Waals surface area contributed by atoms with Gasteiger partial charge in [0.2, 0.25) is 5.75 Å². The fraction of sp³-hybridized carbons (Fsp3) is 0.130. The van der Waals surface area contributed by atoms with Crippen LogP contribution in [-0.4, -0.2) is 46.3 Å². The maximum atomic E-state index is 12.8. The lowest BCUT2D eigenvalue weighted by atomic mass is 10.1. The third-order valence-corrected chi connectivity index (χ3v) is 5.92. The zero-order valence-electron chi connectivity index (χ0n) is 17.4. The van der Waals surface area contributed by atoms with E-state index in [0.29, 0.717) is 17.5 Å². The average Bonchev–Trinajstić information content (AvgIpc) is 3.07. The van der Waals surface area contributed by atoms with Gasteiger partial charge in [-0.25, -0.2) is 0 Å². The fourth-order valence-corrected chi connectivity index (χ4v) is 4.34. The fourth-order valence-electron chi connectivity index (χ4n) is 3.48. The first-order chi connectivity index (χ1) is 15.9. The topological polar surface area (TPSA) is 119 Å². The molecule has 0 unspecified atom stereocenters. The van der Waals surface area contributed by atoms with Gasteiger partial charge < -0.3 is 14.6 Å². The first kappa shape index (κ1) is 22.2. The van der Waals surface area contributed by atoms with Crippen LogP contribution < -0.4 is 9.47 Å². The second-order valence-corrected chi connectivity index (χ2v) is 7.97. The SMILES string of the molecule is COc1c(O)ccc(/C=C2\SC(=O)N(CCOc3cccc4ccccc34)C2=O)c1[N+](=O)[O-]. The number of aromatic hydroxyl groups is 1. The highest BCUT2D eigenvalue weighted by atomic mass is 32.2. The highest BCUT2D eigenvalue weighted by Crippen LogP contribution is 2.41. The second-order valence-electron chi connectivity index (χ2n) is 6.97. The van der Waals surface area contributed by atoms with E-state index in [9.17, 15) is 24.8 Å². The summed E-state index contributed by atoms with van der Waals surface area (Å²) in [6.07, 6.45) is 1.25. The van der Waals surface area contributed by atoms with Crippen molar-refractivity contribution < 1.29 is 29.1 Å². The normalized spacial score (nSPS) is 14.8. The Hall–Kier alpha value is -4.05. The van der Waals surface area contributed by atoms with Crippen molar-refractivity contribution in [3.05, 3.63) is 75.2 Å². The Morgan fingerprint density at radius 1 is 1.12 bits per heavy atom. The summed E-state index contributed by atoms with van der Waals surface area (Å²) in [5, 5.41) is 22.8. The van der Waals surface area contributed by atoms with Crippen LogP contribution in [0.2, 0.25) is 0 Å². The average molecular weight is 466 g/mol. The Morgan fingerprint density at radius 3 is 2.64 bits per heavy atom. The van der Waals surface area contributed by atoms with Crippen molar-refractivity contribution in [3.63, 3.8) is 0 Å². The van der Waals surface area contributed by atoms with E-state index < -0.39 is 27.5 Å². The van der Waals surface area contributed by atoms with Gasteiger partial charge in [0, 0.05) is 5.39 Å². The Labute approximate surface area is 192 Å². The van der Waals surface area contributed by atoms with E-state index in [-0.39, 0.29) is 29.4 Å². The Morgan fingerprint density at radius 2 is 1.88 bits per heavy atom. The van der Waals surface area contributed by atoms with Crippen molar-refractivity contribution in [2.75, 3.05) is 20.3 Å². The number of nitro benzene ring substituents is 1. The summed E-state index contributed by atoms with van der Waals surface area (Å²) in [6, 6.07) is 15.8. The molecule has 10 heteroatoms. The van der Waals surface area contributed by atoms with Gasteiger partial charge in [-0.3, -0.25) is 24.6 Å². The Kier molecular flexibility index (Phi) is 6.18. The molecule has 9 nitrogen and oxygen atoms in total. The molecule has 1 aliphatic rings. The summed E-state index contributed by atoms with van der Waals surface area (Å²) in [4.78, 5) is 37.0. The number of hydrogen-bond donors (Lipinski definition) is 1. The highest BCUT2D eigenvalue weighted by Gasteiger charge is 2.36. The Bertz CT molecular complexity index is 1300. The number of ether oxygens (including phenoxy) is 2. The number of benzene rings is 3. The lowest BCUT2D eigenvalue weighted by molar-refractivity contribution is -0.386. The van der Waals surface area contributed by atoms with Gasteiger partial charge in [0.25, 0.3) is 11.1 Å². The zero-order valence-corrected chi connectivity index (χ0v) is 18.2. The summed E-state index contributed by atoms with van der Waals surface area (Å²) >= 11 is 0.681. The summed E-state index contributed by atoms with van der Waals surface area (Å²) in [5.74, 6) is -0.660. The van der Waals surface area contributed by atoms with Gasteiger partial charge >= 0.3 is 5.69 Å². The van der Waals surface area contributed by atoms with Crippen molar-refractivity contribution in [1.82, 2.24) is 4.90 Å². The van der Waals surface area contributed by atoms with Gasteiger partial charge in [0.05, 0.1) is 29.0 Å². The van der Waals surface area contributed by atoms with Crippen molar-refractivity contribution >= 4 is 45.4 Å². The first-order valence-electron chi connectivity index (χ1n) is 9.81. The molecule has 0 spiro atoms. The van der Waals surface area contributed by atoms with Crippen LogP contribution in [0.1, 0.15) is 5.56 Å². The molecule has 1 aliphatic heterocycles. The number of imide groups is 1. The number of rotatable bonds is 7. The number of amides is 2. The molecule has 0 atom stereocenters. The molecule has 0 radical (unpaired) electrons. The van der Waals surface area contributed by atoms with Crippen LogP contribution >= 0.6 is 11.8 Å². The number of carbonyl (C=O) groups excluding carboxylic acids is 2. The largest absolute Gasteiger partial charge is 0.504 e. The van der Waals surface area contributed by atoms with Gasteiger partial charge in [-0.2, -0.15) is 0 Å². The minimum atomic E-state index is -0.716. The maximum absolute atomic E-state index is 12.8. The van der Waals surface area contributed by atoms with E-state index in [1.165, 1.54) is 25.3 Å². The molecule has 0 aromatic heterocycles.